The van der Waals surface area contributed by atoms with Crippen molar-refractivity contribution in [3.8, 4) is 17.2 Å². The number of benzene rings is 3. The average molecular weight is 953 g/mol. The summed E-state index contributed by atoms with van der Waals surface area (Å²) in [5.41, 5.74) is 3.01. The Balaban J connectivity index is 1.02. The van der Waals surface area contributed by atoms with Gasteiger partial charge in [-0.25, -0.2) is 23.1 Å². The highest BCUT2D eigenvalue weighted by molar-refractivity contribution is 6.00. The maximum atomic E-state index is 16.6. The van der Waals surface area contributed by atoms with Crippen LogP contribution < -0.4 is 11.4 Å². The number of ether oxygens (including phenoxy) is 2. The van der Waals surface area contributed by atoms with Gasteiger partial charge in [-0.15, -0.1) is 0 Å². The van der Waals surface area contributed by atoms with Crippen LogP contribution in [-0.4, -0.2) is 86.2 Å². The molecule has 2 saturated heterocycles. The van der Waals surface area contributed by atoms with Crippen LogP contribution in [0, 0.1) is 31.4 Å². The summed E-state index contributed by atoms with van der Waals surface area (Å²) in [5.74, 6) is -1.00. The highest BCUT2D eigenvalue weighted by Gasteiger charge is 2.59. The molecule has 3 aromatic carbocycles. The lowest BCUT2D eigenvalue weighted by atomic mass is 9.80. The van der Waals surface area contributed by atoms with E-state index in [-0.39, 0.29) is 52.8 Å². The summed E-state index contributed by atoms with van der Waals surface area (Å²) in [5, 5.41) is 15.0. The normalized spacial score (nSPS) is 23.0. The zero-order chi connectivity index (χ0) is 48.9. The minimum atomic E-state index is -0.881. The van der Waals surface area contributed by atoms with Crippen molar-refractivity contribution in [3.63, 3.8) is 0 Å². The monoisotopic (exact) mass is 952 g/mol. The third-order valence-corrected chi connectivity index (χ3v) is 15.6. The van der Waals surface area contributed by atoms with E-state index in [4.69, 9.17) is 19.1 Å². The van der Waals surface area contributed by atoms with Gasteiger partial charge in [0.25, 0.3) is 5.91 Å². The number of imidazole rings is 1. The molecule has 1 amide bonds. The Kier molecular flexibility index (Phi) is 9.68. The van der Waals surface area contributed by atoms with Crippen LogP contribution in [-0.2, 0) is 20.4 Å². The molecular formula is C52H54F2N10O6. The van der Waals surface area contributed by atoms with E-state index >= 15 is 13.6 Å². The minimum absolute atomic E-state index is 0.00184. The second-order valence-corrected chi connectivity index (χ2v) is 21.3. The predicted molar refractivity (Wildman–Crippen MR) is 255 cm³/mol. The molecule has 4 aliphatic rings. The van der Waals surface area contributed by atoms with Crippen molar-refractivity contribution in [2.45, 2.75) is 109 Å². The molecule has 0 unspecified atom stereocenters. The van der Waals surface area contributed by atoms with Crippen LogP contribution >= 0.6 is 0 Å². The SMILES string of the molecule is Cc1cc(-n2nc3c(c2-n2ccn(-c4ccc5c(cnn5C5COC5)c4F)c2=O)[C@H](C)N(C(=O)c2cc4cc([C@H]5CCOC(C)(C)C5)ccc4n2[C@@]2(c4noc(=O)[nH]4)C[C@@H]2C)CC3(C)C)cc(C)c1F. The lowest BCUT2D eigenvalue weighted by Gasteiger charge is -2.42. The van der Waals surface area contributed by atoms with E-state index in [1.807, 2.05) is 36.3 Å². The predicted octanol–water partition coefficient (Wildman–Crippen LogP) is 8.21. The van der Waals surface area contributed by atoms with Crippen LogP contribution in [0.5, 0.6) is 0 Å². The molecule has 8 aromatic rings. The number of aryl methyl sites for hydroxylation is 2. The van der Waals surface area contributed by atoms with Crippen molar-refractivity contribution in [2.24, 2.45) is 5.92 Å². The number of halogens is 2. The van der Waals surface area contributed by atoms with E-state index in [2.05, 4.69) is 54.2 Å². The summed E-state index contributed by atoms with van der Waals surface area (Å²) in [6, 6.07) is 14.3. The molecule has 1 aliphatic carbocycles. The van der Waals surface area contributed by atoms with Gasteiger partial charge in [-0.3, -0.25) is 28.1 Å². The minimum Gasteiger partial charge on any atom is -0.377 e. The van der Waals surface area contributed by atoms with Crippen molar-refractivity contribution in [1.82, 2.24) is 48.3 Å². The largest absolute Gasteiger partial charge is 0.438 e. The molecule has 0 spiro atoms. The number of aromatic nitrogens is 9. The average Bonchev–Trinajstić information content (AvgIpc) is 3.95. The van der Waals surface area contributed by atoms with Crippen molar-refractivity contribution in [1.29, 1.82) is 0 Å². The number of nitrogens with one attached hydrogen (secondary N) is 1. The maximum absolute atomic E-state index is 16.6. The van der Waals surface area contributed by atoms with Crippen molar-refractivity contribution in [3.05, 3.63) is 139 Å². The van der Waals surface area contributed by atoms with Gasteiger partial charge in [0.15, 0.2) is 11.6 Å². The summed E-state index contributed by atoms with van der Waals surface area (Å²) in [7, 11) is 0. The third-order valence-electron chi connectivity index (χ3n) is 15.6. The third kappa shape index (κ3) is 6.51. The van der Waals surface area contributed by atoms with Crippen molar-refractivity contribution in [2.75, 3.05) is 26.4 Å². The topological polar surface area (TPSA) is 165 Å². The van der Waals surface area contributed by atoms with E-state index in [0.29, 0.717) is 77.2 Å². The molecule has 0 bridgehead atoms. The van der Waals surface area contributed by atoms with Gasteiger partial charge >= 0.3 is 11.4 Å². The molecule has 0 radical (unpaired) electrons. The number of H-pyrrole nitrogens is 1. The summed E-state index contributed by atoms with van der Waals surface area (Å²) in [4.78, 5) is 48.0. The number of rotatable bonds is 8. The number of nitrogens with zero attached hydrogens (tertiary/aromatic N) is 9. The Morgan fingerprint density at radius 1 is 0.900 bits per heavy atom. The molecule has 70 heavy (non-hydrogen) atoms. The summed E-state index contributed by atoms with van der Waals surface area (Å²) in [6.07, 6.45) is 6.88. The first kappa shape index (κ1) is 44.3. The first-order valence-corrected chi connectivity index (χ1v) is 24.0. The van der Waals surface area contributed by atoms with Gasteiger partial charge in [-0.05, 0) is 125 Å². The first-order valence-electron chi connectivity index (χ1n) is 24.0. The summed E-state index contributed by atoms with van der Waals surface area (Å²) >= 11 is 0. The summed E-state index contributed by atoms with van der Waals surface area (Å²) in [6.45, 7) is 17.4. The standard InChI is InChI=1S/C52H54F2N10O6/c1-27-17-34(18-28(2)42(27)53)64-45(60-15-14-59(49(60)67)39-12-11-38-36(43(39)54)23-55-63(38)35-24-68-25-35)41-30(4)61(26-50(5,6)44(41)57-64)46(65)40-20-33-19-31(32-13-16-69-51(7,8)22-32)9-10-37(33)62(40)52(21-29(52)3)47-56-48(66)70-58-47/h9-12,14-15,17-20,23,29-30,32,35H,13,16,21-22,24-26H2,1-8H3,(H,56,58,66)/t29-,30-,32-,52-/m0/s1. The van der Waals surface area contributed by atoms with Gasteiger partial charge in [0.1, 0.15) is 22.9 Å². The molecule has 18 heteroatoms. The second-order valence-electron chi connectivity index (χ2n) is 21.3. The van der Waals surface area contributed by atoms with Crippen LogP contribution in [0.4, 0.5) is 8.78 Å². The van der Waals surface area contributed by atoms with Gasteiger partial charge in [0.2, 0.25) is 0 Å². The van der Waals surface area contributed by atoms with Crippen LogP contribution in [0.25, 0.3) is 39.0 Å². The highest BCUT2D eigenvalue weighted by atomic mass is 19.1. The maximum Gasteiger partial charge on any atom is 0.438 e. The number of carbonyl (C=O) groups excluding carboxylic acids is 1. The fourth-order valence-electron chi connectivity index (χ4n) is 11.8. The smallest absolute Gasteiger partial charge is 0.377 e. The van der Waals surface area contributed by atoms with Crippen LogP contribution in [0.3, 0.4) is 0 Å². The van der Waals surface area contributed by atoms with Crippen LogP contribution in [0.1, 0.15) is 123 Å². The number of aromatic amines is 1. The second kappa shape index (κ2) is 15.3. The number of amides is 1. The molecule has 1 N–H and O–H groups in total. The quantitative estimate of drug-likeness (QED) is 0.158. The molecule has 4 atom stereocenters. The van der Waals surface area contributed by atoms with E-state index in [0.717, 1.165) is 29.3 Å². The molecule has 362 valence electrons. The molecular weight excluding hydrogens is 899 g/mol. The van der Waals surface area contributed by atoms with Gasteiger partial charge in [0, 0.05) is 47.4 Å². The highest BCUT2D eigenvalue weighted by Crippen LogP contribution is 2.56. The number of fused-ring (bicyclic) bond motifs is 3. The Bertz CT molecular complexity index is 3580. The zero-order valence-corrected chi connectivity index (χ0v) is 40.3. The molecule has 3 fully saturated rings. The van der Waals surface area contributed by atoms with E-state index in [9.17, 15) is 9.59 Å². The fraction of sp³-hybridized carbons (Fsp3) is 0.423. The van der Waals surface area contributed by atoms with Gasteiger partial charge < -0.3 is 18.9 Å². The number of carbonyl (C=O) groups is 1. The Labute approximate surface area is 400 Å². The first-order chi connectivity index (χ1) is 33.4. The summed E-state index contributed by atoms with van der Waals surface area (Å²) < 4.78 is 56.5. The molecule has 1 saturated carbocycles. The van der Waals surface area contributed by atoms with Gasteiger partial charge in [0.05, 0.1) is 65.1 Å². The fourth-order valence-corrected chi connectivity index (χ4v) is 11.8. The Morgan fingerprint density at radius 2 is 1.63 bits per heavy atom. The Hall–Kier alpha value is -6.92. The van der Waals surface area contributed by atoms with Crippen LogP contribution in [0.2, 0.25) is 0 Å². The lowest BCUT2D eigenvalue weighted by Crippen LogP contribution is -2.48. The molecule has 3 aliphatic heterocycles. The molecule has 5 aromatic heterocycles. The van der Waals surface area contributed by atoms with Gasteiger partial charge in [-0.1, -0.05) is 32.0 Å². The van der Waals surface area contributed by atoms with E-state index < -0.39 is 34.3 Å². The number of hydrogen-bond acceptors (Lipinski definition) is 9. The molecule has 16 nitrogen and oxygen atoms in total. The molecule has 8 heterocycles. The van der Waals surface area contributed by atoms with E-state index in [1.54, 1.807) is 53.7 Å². The zero-order valence-electron chi connectivity index (χ0n) is 40.3. The van der Waals surface area contributed by atoms with Crippen molar-refractivity contribution >= 4 is 27.7 Å². The molecule has 12 rings (SSSR count). The van der Waals surface area contributed by atoms with E-state index in [1.165, 1.54) is 21.5 Å². The van der Waals surface area contributed by atoms with Crippen LogP contribution in [0.15, 0.2) is 81.2 Å². The Morgan fingerprint density at radius 3 is 2.30 bits per heavy atom. The van der Waals surface area contributed by atoms with Gasteiger partial charge in [-0.2, -0.15) is 10.2 Å². The number of hydrogen-bond donors (Lipinski definition) is 1. The lowest BCUT2D eigenvalue weighted by molar-refractivity contribution is -0.0592. The van der Waals surface area contributed by atoms with Crippen molar-refractivity contribution < 1.29 is 27.6 Å².